The number of hydrogen-bond acceptors (Lipinski definition) is 3. The van der Waals surface area contributed by atoms with Crippen LogP contribution in [0.1, 0.15) is 25.2 Å². The van der Waals surface area contributed by atoms with Gasteiger partial charge in [0.2, 0.25) is 0 Å². The van der Waals surface area contributed by atoms with Crippen LogP contribution in [-0.2, 0) is 13.0 Å². The van der Waals surface area contributed by atoms with Gasteiger partial charge < -0.3 is 0 Å². The Morgan fingerprint density at radius 1 is 1.08 bits per heavy atom. The van der Waals surface area contributed by atoms with Gasteiger partial charge in [0.1, 0.15) is 0 Å². The van der Waals surface area contributed by atoms with Gasteiger partial charge in [0.15, 0.2) is 11.5 Å². The van der Waals surface area contributed by atoms with Gasteiger partial charge in [-0.05, 0) is 35.7 Å². The van der Waals surface area contributed by atoms with Crippen LogP contribution in [0, 0.1) is 5.92 Å². The SMILES string of the molecule is CC(C)Cc1nc2c3ccccc3n(Cc3ccc(Cl)cc3)c(=O)n2n1. The second-order valence-electron chi connectivity index (χ2n) is 6.87. The van der Waals surface area contributed by atoms with Crippen molar-refractivity contribution in [1.82, 2.24) is 19.2 Å². The zero-order chi connectivity index (χ0) is 18.3. The third-order valence-corrected chi connectivity index (χ3v) is 4.60. The molecule has 0 radical (unpaired) electrons. The lowest BCUT2D eigenvalue weighted by molar-refractivity contribution is 0.615. The first kappa shape index (κ1) is 16.8. The molecule has 4 aromatic rings. The Morgan fingerprint density at radius 2 is 1.81 bits per heavy atom. The van der Waals surface area contributed by atoms with Gasteiger partial charge in [-0.25, -0.2) is 9.78 Å². The monoisotopic (exact) mass is 366 g/mol. The van der Waals surface area contributed by atoms with Gasteiger partial charge >= 0.3 is 5.69 Å². The molecule has 5 nitrogen and oxygen atoms in total. The molecule has 2 aromatic heterocycles. The highest BCUT2D eigenvalue weighted by molar-refractivity contribution is 6.30. The van der Waals surface area contributed by atoms with Gasteiger partial charge in [-0.1, -0.05) is 49.7 Å². The molecule has 6 heteroatoms. The van der Waals surface area contributed by atoms with Crippen molar-refractivity contribution < 1.29 is 0 Å². The molecule has 2 aromatic carbocycles. The fourth-order valence-corrected chi connectivity index (χ4v) is 3.28. The lowest BCUT2D eigenvalue weighted by Gasteiger charge is -2.11. The number of aromatic nitrogens is 4. The summed E-state index contributed by atoms with van der Waals surface area (Å²) in [6.45, 7) is 4.68. The predicted molar refractivity (Wildman–Crippen MR) is 104 cm³/mol. The molecule has 0 spiro atoms. The number of benzene rings is 2. The normalized spacial score (nSPS) is 11.7. The summed E-state index contributed by atoms with van der Waals surface area (Å²) >= 11 is 5.97. The van der Waals surface area contributed by atoms with Gasteiger partial charge in [-0.2, -0.15) is 4.52 Å². The number of halogens is 1. The average molecular weight is 367 g/mol. The zero-order valence-corrected chi connectivity index (χ0v) is 15.4. The number of hydrogen-bond donors (Lipinski definition) is 0. The van der Waals surface area contributed by atoms with Crippen LogP contribution in [0.5, 0.6) is 0 Å². The van der Waals surface area contributed by atoms with E-state index in [4.69, 9.17) is 11.6 Å². The van der Waals surface area contributed by atoms with Gasteiger partial charge in [-0.3, -0.25) is 4.57 Å². The number of nitrogens with zero attached hydrogens (tertiary/aromatic N) is 4. The first-order chi connectivity index (χ1) is 12.5. The van der Waals surface area contributed by atoms with Gasteiger partial charge in [0.05, 0.1) is 12.1 Å². The Balaban J connectivity index is 1.94. The molecule has 26 heavy (non-hydrogen) atoms. The molecule has 0 N–H and O–H groups in total. The molecule has 0 saturated carbocycles. The maximum absolute atomic E-state index is 13.1. The molecule has 0 aliphatic rings. The molecule has 0 aliphatic heterocycles. The summed E-state index contributed by atoms with van der Waals surface area (Å²) in [6.07, 6.45) is 0.743. The molecular weight excluding hydrogens is 348 g/mol. The molecular formula is C20H19ClN4O. The van der Waals surface area contributed by atoms with Crippen molar-refractivity contribution in [1.29, 1.82) is 0 Å². The molecule has 2 heterocycles. The molecule has 0 unspecified atom stereocenters. The summed E-state index contributed by atoms with van der Waals surface area (Å²) in [5.41, 5.74) is 2.29. The molecule has 0 saturated heterocycles. The van der Waals surface area contributed by atoms with Crippen LogP contribution < -0.4 is 5.69 Å². The Bertz CT molecular complexity index is 1140. The number of para-hydroxylation sites is 1. The standard InChI is InChI=1S/C20H19ClN4O/c1-13(2)11-18-22-19-16-5-3-4-6-17(16)24(20(26)25(19)23-18)12-14-7-9-15(21)10-8-14/h3-10,13H,11-12H2,1-2H3. The second-order valence-corrected chi connectivity index (χ2v) is 7.31. The van der Waals surface area contributed by atoms with E-state index in [2.05, 4.69) is 23.9 Å². The Hall–Kier alpha value is -2.66. The molecule has 0 aliphatic carbocycles. The highest BCUT2D eigenvalue weighted by Crippen LogP contribution is 2.19. The van der Waals surface area contributed by atoms with E-state index in [0.717, 1.165) is 22.9 Å². The van der Waals surface area contributed by atoms with E-state index >= 15 is 0 Å². The van der Waals surface area contributed by atoms with Crippen LogP contribution in [-0.4, -0.2) is 19.2 Å². The third-order valence-electron chi connectivity index (χ3n) is 4.34. The smallest absolute Gasteiger partial charge is 0.287 e. The quantitative estimate of drug-likeness (QED) is 0.549. The summed E-state index contributed by atoms with van der Waals surface area (Å²) in [7, 11) is 0. The van der Waals surface area contributed by atoms with Crippen molar-refractivity contribution in [2.24, 2.45) is 5.92 Å². The lowest BCUT2D eigenvalue weighted by atomic mass is 10.1. The Morgan fingerprint density at radius 3 is 2.54 bits per heavy atom. The summed E-state index contributed by atoms with van der Waals surface area (Å²) in [4.78, 5) is 17.7. The predicted octanol–water partition coefficient (Wildman–Crippen LogP) is 3.94. The minimum atomic E-state index is -0.184. The number of rotatable bonds is 4. The molecule has 0 amide bonds. The van der Waals surface area contributed by atoms with Crippen LogP contribution in [0.3, 0.4) is 0 Å². The first-order valence-corrected chi connectivity index (χ1v) is 9.02. The van der Waals surface area contributed by atoms with E-state index in [0.29, 0.717) is 29.0 Å². The summed E-state index contributed by atoms with van der Waals surface area (Å²) in [6, 6.07) is 15.3. The second kappa shape index (κ2) is 6.57. The topological polar surface area (TPSA) is 52.2 Å². The van der Waals surface area contributed by atoms with Crippen molar-refractivity contribution in [2.45, 2.75) is 26.8 Å². The first-order valence-electron chi connectivity index (χ1n) is 8.64. The van der Waals surface area contributed by atoms with Crippen LogP contribution in [0.4, 0.5) is 0 Å². The van der Waals surface area contributed by atoms with E-state index < -0.39 is 0 Å². The van der Waals surface area contributed by atoms with Crippen molar-refractivity contribution in [2.75, 3.05) is 0 Å². The largest absolute Gasteiger partial charge is 0.351 e. The summed E-state index contributed by atoms with van der Waals surface area (Å²) in [5, 5.41) is 6.07. The lowest BCUT2D eigenvalue weighted by Crippen LogP contribution is -2.28. The van der Waals surface area contributed by atoms with Crippen molar-refractivity contribution in [3.63, 3.8) is 0 Å². The van der Waals surface area contributed by atoms with Crippen LogP contribution in [0.15, 0.2) is 53.3 Å². The zero-order valence-electron chi connectivity index (χ0n) is 14.7. The summed E-state index contributed by atoms with van der Waals surface area (Å²) in [5.74, 6) is 1.13. The van der Waals surface area contributed by atoms with Crippen LogP contribution in [0.2, 0.25) is 5.02 Å². The van der Waals surface area contributed by atoms with E-state index in [1.807, 2.05) is 48.5 Å². The summed E-state index contributed by atoms with van der Waals surface area (Å²) < 4.78 is 3.16. The van der Waals surface area contributed by atoms with Gasteiger partial charge in [0.25, 0.3) is 0 Å². The third kappa shape index (κ3) is 2.99. The maximum atomic E-state index is 13.1. The van der Waals surface area contributed by atoms with Crippen molar-refractivity contribution in [3.05, 3.63) is 75.4 Å². The van der Waals surface area contributed by atoms with Crippen LogP contribution >= 0.6 is 11.6 Å². The van der Waals surface area contributed by atoms with E-state index in [1.54, 1.807) is 4.57 Å². The minimum absolute atomic E-state index is 0.184. The molecule has 0 fully saturated rings. The fraction of sp³-hybridized carbons (Fsp3) is 0.250. The molecule has 132 valence electrons. The van der Waals surface area contributed by atoms with E-state index in [-0.39, 0.29) is 5.69 Å². The average Bonchev–Trinajstić information content (AvgIpc) is 3.03. The highest BCUT2D eigenvalue weighted by atomic mass is 35.5. The minimum Gasteiger partial charge on any atom is -0.287 e. The Kier molecular flexibility index (Phi) is 4.24. The van der Waals surface area contributed by atoms with Crippen LogP contribution in [0.25, 0.3) is 16.6 Å². The fourth-order valence-electron chi connectivity index (χ4n) is 3.15. The van der Waals surface area contributed by atoms with Gasteiger partial charge in [-0.15, -0.1) is 5.10 Å². The maximum Gasteiger partial charge on any atom is 0.351 e. The highest BCUT2D eigenvalue weighted by Gasteiger charge is 2.15. The van der Waals surface area contributed by atoms with Crippen molar-refractivity contribution in [3.8, 4) is 0 Å². The molecule has 0 bridgehead atoms. The molecule has 0 atom stereocenters. The van der Waals surface area contributed by atoms with E-state index in [9.17, 15) is 4.79 Å². The Labute approximate surface area is 155 Å². The molecule has 4 rings (SSSR count). The number of fused-ring (bicyclic) bond motifs is 3. The van der Waals surface area contributed by atoms with Gasteiger partial charge in [0, 0.05) is 16.8 Å². The van der Waals surface area contributed by atoms with E-state index in [1.165, 1.54) is 4.52 Å². The van der Waals surface area contributed by atoms with Crippen molar-refractivity contribution >= 4 is 28.2 Å².